The van der Waals surface area contributed by atoms with Gasteiger partial charge in [-0.3, -0.25) is 0 Å². The fourth-order valence-corrected chi connectivity index (χ4v) is 2.40. The van der Waals surface area contributed by atoms with Crippen molar-refractivity contribution in [2.45, 2.75) is 38.1 Å². The Morgan fingerprint density at radius 3 is 2.83 bits per heavy atom. The van der Waals surface area contributed by atoms with Crippen molar-refractivity contribution in [1.29, 1.82) is 0 Å². The van der Waals surface area contributed by atoms with Crippen molar-refractivity contribution in [3.63, 3.8) is 0 Å². The van der Waals surface area contributed by atoms with E-state index in [0.717, 1.165) is 5.92 Å². The van der Waals surface area contributed by atoms with E-state index in [4.69, 9.17) is 5.73 Å². The summed E-state index contributed by atoms with van der Waals surface area (Å²) in [5.74, 6) is 0.752. The van der Waals surface area contributed by atoms with Crippen molar-refractivity contribution in [2.75, 3.05) is 0 Å². The van der Waals surface area contributed by atoms with Crippen LogP contribution in [0.4, 0.5) is 0 Å². The Morgan fingerprint density at radius 2 is 2.42 bits per heavy atom. The molecule has 1 aromatic heterocycles. The third kappa shape index (κ3) is 1.39. The van der Waals surface area contributed by atoms with Gasteiger partial charge in [0, 0.05) is 23.0 Å². The van der Waals surface area contributed by atoms with E-state index in [9.17, 15) is 0 Å². The van der Waals surface area contributed by atoms with Crippen LogP contribution in [0.15, 0.2) is 6.20 Å². The molecule has 1 heterocycles. The second-order valence-electron chi connectivity index (χ2n) is 3.52. The van der Waals surface area contributed by atoms with E-state index < -0.39 is 0 Å². The van der Waals surface area contributed by atoms with E-state index in [1.807, 2.05) is 13.1 Å². The van der Waals surface area contributed by atoms with Gasteiger partial charge in [-0.05, 0) is 19.8 Å². The highest BCUT2D eigenvalue weighted by atomic mass is 32.1. The Hall–Kier alpha value is -0.410. The summed E-state index contributed by atoms with van der Waals surface area (Å²) in [6.45, 7) is 2.01. The van der Waals surface area contributed by atoms with E-state index in [0.29, 0.717) is 0 Å². The van der Waals surface area contributed by atoms with Gasteiger partial charge in [0.2, 0.25) is 0 Å². The standard InChI is InChI=1S/C9H14N2S/c1-6(10)8-5-11-9(12-8)7-3-2-4-7/h5-7H,2-4,10H2,1H3. The summed E-state index contributed by atoms with van der Waals surface area (Å²) in [6.07, 6.45) is 5.96. The van der Waals surface area contributed by atoms with Crippen LogP contribution >= 0.6 is 11.3 Å². The van der Waals surface area contributed by atoms with E-state index in [1.54, 1.807) is 11.3 Å². The summed E-state index contributed by atoms with van der Waals surface area (Å²) in [5, 5.41) is 1.30. The van der Waals surface area contributed by atoms with Crippen LogP contribution in [0.1, 0.15) is 48.0 Å². The number of rotatable bonds is 2. The summed E-state index contributed by atoms with van der Waals surface area (Å²) < 4.78 is 0. The van der Waals surface area contributed by atoms with E-state index in [-0.39, 0.29) is 6.04 Å². The molecule has 1 aliphatic carbocycles. The van der Waals surface area contributed by atoms with Gasteiger partial charge in [0.15, 0.2) is 0 Å². The predicted molar refractivity (Wildman–Crippen MR) is 51.3 cm³/mol. The first-order valence-corrected chi connectivity index (χ1v) is 5.30. The molecule has 1 unspecified atom stereocenters. The summed E-state index contributed by atoms with van der Waals surface area (Å²) in [4.78, 5) is 5.62. The summed E-state index contributed by atoms with van der Waals surface area (Å²) >= 11 is 1.79. The van der Waals surface area contributed by atoms with E-state index in [1.165, 1.54) is 29.1 Å². The van der Waals surface area contributed by atoms with Crippen molar-refractivity contribution < 1.29 is 0 Å². The van der Waals surface area contributed by atoms with Crippen molar-refractivity contribution >= 4 is 11.3 Å². The number of nitrogens with two attached hydrogens (primary N) is 1. The molecule has 0 amide bonds. The lowest BCUT2D eigenvalue weighted by molar-refractivity contribution is 0.418. The topological polar surface area (TPSA) is 38.9 Å². The molecule has 1 fully saturated rings. The lowest BCUT2D eigenvalue weighted by Gasteiger charge is -2.22. The van der Waals surface area contributed by atoms with Crippen molar-refractivity contribution in [3.8, 4) is 0 Å². The normalized spacial score (nSPS) is 20.5. The van der Waals surface area contributed by atoms with Gasteiger partial charge >= 0.3 is 0 Å². The van der Waals surface area contributed by atoms with Gasteiger partial charge in [-0.1, -0.05) is 6.42 Å². The van der Waals surface area contributed by atoms with Gasteiger partial charge in [-0.15, -0.1) is 11.3 Å². The number of hydrogen-bond acceptors (Lipinski definition) is 3. The number of nitrogens with zero attached hydrogens (tertiary/aromatic N) is 1. The zero-order chi connectivity index (χ0) is 8.55. The Labute approximate surface area is 76.8 Å². The first-order chi connectivity index (χ1) is 5.77. The molecule has 2 N–H and O–H groups in total. The third-order valence-corrected chi connectivity index (χ3v) is 3.81. The zero-order valence-electron chi connectivity index (χ0n) is 7.29. The molecule has 1 saturated carbocycles. The molecule has 1 aliphatic rings. The quantitative estimate of drug-likeness (QED) is 0.763. The van der Waals surface area contributed by atoms with E-state index in [2.05, 4.69) is 4.98 Å². The minimum atomic E-state index is 0.149. The smallest absolute Gasteiger partial charge is 0.0959 e. The Morgan fingerprint density at radius 1 is 1.67 bits per heavy atom. The molecular formula is C9H14N2S. The maximum absolute atomic E-state index is 5.76. The van der Waals surface area contributed by atoms with Crippen LogP contribution in [0.25, 0.3) is 0 Å². The maximum Gasteiger partial charge on any atom is 0.0959 e. The van der Waals surface area contributed by atoms with Crippen LogP contribution in [0.5, 0.6) is 0 Å². The molecule has 0 bridgehead atoms. The summed E-state index contributed by atoms with van der Waals surface area (Å²) in [7, 11) is 0. The lowest BCUT2D eigenvalue weighted by atomic mass is 9.86. The number of thiazole rings is 1. The van der Waals surface area contributed by atoms with Gasteiger partial charge in [0.1, 0.15) is 0 Å². The molecule has 0 aromatic carbocycles. The number of hydrogen-bond donors (Lipinski definition) is 1. The average Bonchev–Trinajstić information content (AvgIpc) is 2.32. The predicted octanol–water partition coefficient (Wildman–Crippen LogP) is 2.43. The molecule has 3 heteroatoms. The van der Waals surface area contributed by atoms with Gasteiger partial charge in [0.05, 0.1) is 5.01 Å². The molecule has 12 heavy (non-hydrogen) atoms. The van der Waals surface area contributed by atoms with Gasteiger partial charge in [-0.25, -0.2) is 4.98 Å². The maximum atomic E-state index is 5.76. The molecule has 2 nitrogen and oxygen atoms in total. The third-order valence-electron chi connectivity index (χ3n) is 2.44. The van der Waals surface area contributed by atoms with Crippen LogP contribution in [0.2, 0.25) is 0 Å². The van der Waals surface area contributed by atoms with Crippen molar-refractivity contribution in [3.05, 3.63) is 16.1 Å². The first kappa shape index (κ1) is 8.20. The second-order valence-corrected chi connectivity index (χ2v) is 4.61. The molecule has 0 aliphatic heterocycles. The molecule has 2 rings (SSSR count). The van der Waals surface area contributed by atoms with Crippen LogP contribution in [-0.2, 0) is 0 Å². The van der Waals surface area contributed by atoms with Crippen LogP contribution < -0.4 is 5.73 Å². The largest absolute Gasteiger partial charge is 0.323 e. The monoisotopic (exact) mass is 182 g/mol. The van der Waals surface area contributed by atoms with Gasteiger partial charge < -0.3 is 5.73 Å². The van der Waals surface area contributed by atoms with Gasteiger partial charge in [0.25, 0.3) is 0 Å². The Bertz CT molecular complexity index is 263. The highest BCUT2D eigenvalue weighted by molar-refractivity contribution is 7.11. The van der Waals surface area contributed by atoms with Crippen LogP contribution in [0.3, 0.4) is 0 Å². The van der Waals surface area contributed by atoms with Gasteiger partial charge in [-0.2, -0.15) is 0 Å². The number of aromatic nitrogens is 1. The summed E-state index contributed by atoms with van der Waals surface area (Å²) in [6, 6.07) is 0.149. The molecule has 1 atom stereocenters. The lowest BCUT2D eigenvalue weighted by Crippen LogP contribution is -2.07. The molecular weight excluding hydrogens is 168 g/mol. The molecule has 0 saturated heterocycles. The van der Waals surface area contributed by atoms with E-state index >= 15 is 0 Å². The average molecular weight is 182 g/mol. The molecule has 0 spiro atoms. The highest BCUT2D eigenvalue weighted by Gasteiger charge is 2.22. The highest BCUT2D eigenvalue weighted by Crippen LogP contribution is 2.38. The SMILES string of the molecule is CC(N)c1cnc(C2CCC2)s1. The van der Waals surface area contributed by atoms with Crippen molar-refractivity contribution in [2.24, 2.45) is 5.73 Å². The molecule has 0 radical (unpaired) electrons. The first-order valence-electron chi connectivity index (χ1n) is 4.48. The fraction of sp³-hybridized carbons (Fsp3) is 0.667. The Balaban J connectivity index is 2.12. The van der Waals surface area contributed by atoms with Crippen molar-refractivity contribution in [1.82, 2.24) is 4.98 Å². The minimum Gasteiger partial charge on any atom is -0.323 e. The second kappa shape index (κ2) is 3.15. The Kier molecular flexibility index (Phi) is 2.15. The molecule has 66 valence electrons. The molecule has 1 aromatic rings. The minimum absolute atomic E-state index is 0.149. The zero-order valence-corrected chi connectivity index (χ0v) is 8.10. The van der Waals surface area contributed by atoms with Crippen LogP contribution in [-0.4, -0.2) is 4.98 Å². The van der Waals surface area contributed by atoms with Crippen LogP contribution in [0, 0.1) is 0 Å². The summed E-state index contributed by atoms with van der Waals surface area (Å²) in [5.41, 5.74) is 5.76. The fourth-order valence-electron chi connectivity index (χ4n) is 1.36.